The first-order chi connectivity index (χ1) is 11.5. The van der Waals surface area contributed by atoms with Crippen LogP contribution in [0.3, 0.4) is 0 Å². The highest BCUT2D eigenvalue weighted by Gasteiger charge is 2.27. The molecule has 7 nitrogen and oxygen atoms in total. The number of amides is 3. The molecule has 2 rings (SSSR count). The van der Waals surface area contributed by atoms with Crippen LogP contribution in [0.2, 0.25) is 0 Å². The molecule has 0 saturated carbocycles. The monoisotopic (exact) mass is 332 g/mol. The van der Waals surface area contributed by atoms with Crippen molar-refractivity contribution in [3.8, 4) is 0 Å². The van der Waals surface area contributed by atoms with Crippen LogP contribution >= 0.6 is 0 Å². The van der Waals surface area contributed by atoms with E-state index in [2.05, 4.69) is 16.0 Å². The quantitative estimate of drug-likeness (QED) is 0.730. The molecule has 0 spiro atoms. The lowest BCUT2D eigenvalue weighted by molar-refractivity contribution is -0.136. The Kier molecular flexibility index (Phi) is 6.31. The number of likely N-dealkylation sites (N-methyl/N-ethyl adjacent to an activating group) is 1. The molecular formula is C17H24N4O3. The SMILES string of the molecule is CCN(CC(=O)Nc1ccc(NC(C)=O)cc1)C(=O)C1CCCN1. The van der Waals surface area contributed by atoms with E-state index in [0.717, 1.165) is 19.4 Å². The van der Waals surface area contributed by atoms with Crippen LogP contribution in [0.5, 0.6) is 0 Å². The van der Waals surface area contributed by atoms with E-state index >= 15 is 0 Å². The number of nitrogens with zero attached hydrogens (tertiary/aromatic N) is 1. The zero-order chi connectivity index (χ0) is 17.5. The topological polar surface area (TPSA) is 90.5 Å². The first-order valence-corrected chi connectivity index (χ1v) is 8.19. The first-order valence-electron chi connectivity index (χ1n) is 8.19. The van der Waals surface area contributed by atoms with E-state index in [9.17, 15) is 14.4 Å². The van der Waals surface area contributed by atoms with Gasteiger partial charge in [-0.15, -0.1) is 0 Å². The summed E-state index contributed by atoms with van der Waals surface area (Å²) in [4.78, 5) is 37.1. The summed E-state index contributed by atoms with van der Waals surface area (Å²) >= 11 is 0. The Morgan fingerprint density at radius 2 is 1.79 bits per heavy atom. The number of carbonyl (C=O) groups is 3. The fraction of sp³-hybridized carbons (Fsp3) is 0.471. The van der Waals surface area contributed by atoms with E-state index in [1.165, 1.54) is 6.92 Å². The molecule has 0 aromatic heterocycles. The van der Waals surface area contributed by atoms with Crippen molar-refractivity contribution in [3.05, 3.63) is 24.3 Å². The van der Waals surface area contributed by atoms with E-state index < -0.39 is 0 Å². The average molecular weight is 332 g/mol. The molecule has 0 radical (unpaired) electrons. The highest BCUT2D eigenvalue weighted by molar-refractivity contribution is 5.95. The van der Waals surface area contributed by atoms with Gasteiger partial charge >= 0.3 is 0 Å². The van der Waals surface area contributed by atoms with Gasteiger partial charge in [0.1, 0.15) is 0 Å². The maximum atomic E-state index is 12.4. The van der Waals surface area contributed by atoms with E-state index in [0.29, 0.717) is 17.9 Å². The molecule has 1 aromatic rings. The van der Waals surface area contributed by atoms with Gasteiger partial charge in [0.2, 0.25) is 17.7 Å². The molecule has 3 amide bonds. The minimum absolute atomic E-state index is 0.0221. The van der Waals surface area contributed by atoms with Crippen LogP contribution in [0.15, 0.2) is 24.3 Å². The molecule has 0 bridgehead atoms. The van der Waals surface area contributed by atoms with Gasteiger partial charge in [-0.2, -0.15) is 0 Å². The fourth-order valence-electron chi connectivity index (χ4n) is 2.68. The molecular weight excluding hydrogens is 308 g/mol. The van der Waals surface area contributed by atoms with Crippen molar-refractivity contribution < 1.29 is 14.4 Å². The molecule has 1 aliphatic heterocycles. The van der Waals surface area contributed by atoms with Crippen molar-refractivity contribution in [1.82, 2.24) is 10.2 Å². The zero-order valence-electron chi connectivity index (χ0n) is 14.1. The molecule has 0 aliphatic carbocycles. The second-order valence-electron chi connectivity index (χ2n) is 5.81. The summed E-state index contributed by atoms with van der Waals surface area (Å²) in [6.45, 7) is 4.67. The predicted molar refractivity (Wildman–Crippen MR) is 92.7 cm³/mol. The van der Waals surface area contributed by atoms with Crippen LogP contribution in [0.25, 0.3) is 0 Å². The Balaban J connectivity index is 1.88. The third-order valence-electron chi connectivity index (χ3n) is 3.88. The Morgan fingerprint density at radius 3 is 2.29 bits per heavy atom. The fourth-order valence-corrected chi connectivity index (χ4v) is 2.68. The molecule has 1 aromatic carbocycles. The summed E-state index contributed by atoms with van der Waals surface area (Å²) in [6, 6.07) is 6.67. The van der Waals surface area contributed by atoms with Gasteiger partial charge in [-0.3, -0.25) is 14.4 Å². The number of benzene rings is 1. The van der Waals surface area contributed by atoms with E-state index in [4.69, 9.17) is 0 Å². The van der Waals surface area contributed by atoms with Crippen molar-refractivity contribution in [3.63, 3.8) is 0 Å². The number of nitrogens with one attached hydrogen (secondary N) is 3. The lowest BCUT2D eigenvalue weighted by Crippen LogP contribution is -2.46. The van der Waals surface area contributed by atoms with Crippen LogP contribution in [-0.4, -0.2) is 48.3 Å². The number of carbonyl (C=O) groups excluding carboxylic acids is 3. The third-order valence-corrected chi connectivity index (χ3v) is 3.88. The molecule has 7 heteroatoms. The number of hydrogen-bond donors (Lipinski definition) is 3. The van der Waals surface area contributed by atoms with Gasteiger partial charge in [0, 0.05) is 24.8 Å². The van der Waals surface area contributed by atoms with Crippen molar-refractivity contribution in [2.75, 3.05) is 30.3 Å². The van der Waals surface area contributed by atoms with Gasteiger partial charge in [-0.05, 0) is 50.6 Å². The standard InChI is InChI=1S/C17H24N4O3/c1-3-21(17(24)15-5-4-10-18-15)11-16(23)20-14-8-6-13(7-9-14)19-12(2)22/h6-9,15,18H,3-5,10-11H2,1-2H3,(H,19,22)(H,20,23). The van der Waals surface area contributed by atoms with Crippen LogP contribution in [-0.2, 0) is 14.4 Å². The Labute approximate surface area is 141 Å². The summed E-state index contributed by atoms with van der Waals surface area (Å²) in [5.41, 5.74) is 1.29. The molecule has 24 heavy (non-hydrogen) atoms. The van der Waals surface area contributed by atoms with Gasteiger partial charge in [0.05, 0.1) is 12.6 Å². The van der Waals surface area contributed by atoms with Crippen LogP contribution < -0.4 is 16.0 Å². The summed E-state index contributed by atoms with van der Waals surface area (Å²) in [7, 11) is 0. The number of rotatable bonds is 6. The normalized spacial score (nSPS) is 16.5. The van der Waals surface area contributed by atoms with Gasteiger partial charge in [0.15, 0.2) is 0 Å². The van der Waals surface area contributed by atoms with E-state index in [1.54, 1.807) is 29.2 Å². The Bertz CT molecular complexity index is 594. The van der Waals surface area contributed by atoms with Crippen LogP contribution in [0.4, 0.5) is 11.4 Å². The van der Waals surface area contributed by atoms with E-state index in [-0.39, 0.29) is 30.3 Å². The summed E-state index contributed by atoms with van der Waals surface area (Å²) in [6.07, 6.45) is 1.81. The summed E-state index contributed by atoms with van der Waals surface area (Å²) in [5, 5.41) is 8.59. The molecule has 130 valence electrons. The smallest absolute Gasteiger partial charge is 0.243 e. The second kappa shape index (κ2) is 8.44. The second-order valence-corrected chi connectivity index (χ2v) is 5.81. The molecule has 1 heterocycles. The first kappa shape index (κ1) is 17.9. The Morgan fingerprint density at radius 1 is 1.17 bits per heavy atom. The number of hydrogen-bond acceptors (Lipinski definition) is 4. The summed E-state index contributed by atoms with van der Waals surface area (Å²) in [5.74, 6) is -0.411. The third kappa shape index (κ3) is 5.06. The Hall–Kier alpha value is -2.41. The average Bonchev–Trinajstić information content (AvgIpc) is 3.08. The van der Waals surface area contributed by atoms with Crippen molar-refractivity contribution in [2.45, 2.75) is 32.7 Å². The molecule has 1 fully saturated rings. The summed E-state index contributed by atoms with van der Waals surface area (Å²) < 4.78 is 0. The van der Waals surface area contributed by atoms with Crippen molar-refractivity contribution in [1.29, 1.82) is 0 Å². The molecule has 1 saturated heterocycles. The van der Waals surface area contributed by atoms with Crippen molar-refractivity contribution in [2.24, 2.45) is 0 Å². The van der Waals surface area contributed by atoms with Gasteiger partial charge < -0.3 is 20.9 Å². The minimum atomic E-state index is -0.240. The molecule has 3 N–H and O–H groups in total. The largest absolute Gasteiger partial charge is 0.332 e. The van der Waals surface area contributed by atoms with Crippen LogP contribution in [0.1, 0.15) is 26.7 Å². The van der Waals surface area contributed by atoms with Crippen LogP contribution in [0, 0.1) is 0 Å². The zero-order valence-corrected chi connectivity index (χ0v) is 14.1. The minimum Gasteiger partial charge on any atom is -0.332 e. The molecule has 1 aliphatic rings. The van der Waals surface area contributed by atoms with E-state index in [1.807, 2.05) is 6.92 Å². The van der Waals surface area contributed by atoms with Gasteiger partial charge in [-0.1, -0.05) is 0 Å². The van der Waals surface area contributed by atoms with Gasteiger partial charge in [0.25, 0.3) is 0 Å². The molecule has 1 atom stereocenters. The maximum Gasteiger partial charge on any atom is 0.243 e. The number of anilines is 2. The van der Waals surface area contributed by atoms with Gasteiger partial charge in [-0.25, -0.2) is 0 Å². The van der Waals surface area contributed by atoms with Crippen molar-refractivity contribution >= 4 is 29.1 Å². The predicted octanol–water partition coefficient (Wildman–Crippen LogP) is 1.18. The highest BCUT2D eigenvalue weighted by atomic mass is 16.2. The lowest BCUT2D eigenvalue weighted by Gasteiger charge is -2.23. The maximum absolute atomic E-state index is 12.4. The highest BCUT2D eigenvalue weighted by Crippen LogP contribution is 2.14. The lowest BCUT2D eigenvalue weighted by atomic mass is 10.2. The molecule has 1 unspecified atom stereocenters.